The second-order valence-corrected chi connectivity index (χ2v) is 3.36. The minimum atomic E-state index is -0.671. The Kier molecular flexibility index (Phi) is 3.74. The van der Waals surface area contributed by atoms with E-state index >= 15 is 0 Å². The lowest BCUT2D eigenvalue weighted by Gasteiger charge is -2.20. The van der Waals surface area contributed by atoms with Crippen LogP contribution in [0.4, 0.5) is 0 Å². The quantitative estimate of drug-likeness (QED) is 0.678. The van der Waals surface area contributed by atoms with E-state index in [2.05, 4.69) is 13.0 Å². The zero-order valence-electron chi connectivity index (χ0n) is 7.94. The van der Waals surface area contributed by atoms with Crippen LogP contribution in [0.3, 0.4) is 0 Å². The van der Waals surface area contributed by atoms with Gasteiger partial charge in [0.2, 0.25) is 0 Å². The van der Waals surface area contributed by atoms with Gasteiger partial charge in [-0.1, -0.05) is 31.2 Å². The van der Waals surface area contributed by atoms with E-state index in [0.29, 0.717) is 0 Å². The largest absolute Gasteiger partial charge is 0.481 e. The monoisotopic (exact) mass is 180 g/mol. The molecular formula is C11H16O2. The Morgan fingerprint density at radius 3 is 3.08 bits per heavy atom. The summed E-state index contributed by atoms with van der Waals surface area (Å²) in [6.07, 6.45) is 10.8. The summed E-state index contributed by atoms with van der Waals surface area (Å²) < 4.78 is 0. The van der Waals surface area contributed by atoms with Gasteiger partial charge in [-0.15, -0.1) is 0 Å². The van der Waals surface area contributed by atoms with E-state index in [1.165, 1.54) is 0 Å². The van der Waals surface area contributed by atoms with Gasteiger partial charge in [0.25, 0.3) is 0 Å². The summed E-state index contributed by atoms with van der Waals surface area (Å²) in [7, 11) is 0. The Balaban J connectivity index is 2.66. The summed E-state index contributed by atoms with van der Waals surface area (Å²) in [5.74, 6) is -0.783. The first-order valence-corrected chi connectivity index (χ1v) is 4.81. The molecule has 2 nitrogen and oxygen atoms in total. The van der Waals surface area contributed by atoms with Crippen molar-refractivity contribution in [2.45, 2.75) is 26.2 Å². The molecule has 0 aliphatic heterocycles. The van der Waals surface area contributed by atoms with Crippen molar-refractivity contribution in [3.8, 4) is 0 Å². The van der Waals surface area contributed by atoms with E-state index in [0.717, 1.165) is 19.3 Å². The molecule has 0 heterocycles. The van der Waals surface area contributed by atoms with Crippen LogP contribution in [-0.2, 0) is 4.79 Å². The third kappa shape index (κ3) is 2.72. The van der Waals surface area contributed by atoms with Crippen molar-refractivity contribution < 1.29 is 9.90 Å². The molecule has 0 radical (unpaired) electrons. The first-order valence-electron chi connectivity index (χ1n) is 4.81. The molecule has 0 aromatic rings. The third-order valence-corrected chi connectivity index (χ3v) is 2.38. The van der Waals surface area contributed by atoms with Crippen molar-refractivity contribution in [1.82, 2.24) is 0 Å². The lowest BCUT2D eigenvalue weighted by Crippen LogP contribution is -2.22. The molecule has 0 amide bonds. The molecule has 0 saturated heterocycles. The first kappa shape index (κ1) is 10.0. The molecule has 1 N–H and O–H groups in total. The third-order valence-electron chi connectivity index (χ3n) is 2.38. The van der Waals surface area contributed by atoms with Gasteiger partial charge in [-0.2, -0.15) is 0 Å². The minimum absolute atomic E-state index is 0.103. The van der Waals surface area contributed by atoms with Gasteiger partial charge in [0.15, 0.2) is 0 Å². The Morgan fingerprint density at radius 2 is 2.46 bits per heavy atom. The molecule has 0 saturated carbocycles. The van der Waals surface area contributed by atoms with Crippen LogP contribution in [0.25, 0.3) is 0 Å². The zero-order chi connectivity index (χ0) is 9.68. The average molecular weight is 180 g/mol. The Bertz CT molecular complexity index is 228. The highest BCUT2D eigenvalue weighted by Gasteiger charge is 2.25. The number of aliphatic carboxylic acids is 1. The van der Waals surface area contributed by atoms with Crippen molar-refractivity contribution in [3.63, 3.8) is 0 Å². The summed E-state index contributed by atoms with van der Waals surface area (Å²) in [4.78, 5) is 10.9. The fraction of sp³-hybridized carbons (Fsp3) is 0.545. The molecular weight excluding hydrogens is 164 g/mol. The summed E-state index contributed by atoms with van der Waals surface area (Å²) in [5, 5.41) is 8.94. The van der Waals surface area contributed by atoms with Crippen LogP contribution in [0.15, 0.2) is 24.3 Å². The molecule has 13 heavy (non-hydrogen) atoms. The van der Waals surface area contributed by atoms with Gasteiger partial charge in [0.05, 0.1) is 5.92 Å². The highest BCUT2D eigenvalue weighted by molar-refractivity contribution is 5.71. The molecule has 0 spiro atoms. The van der Waals surface area contributed by atoms with Crippen molar-refractivity contribution in [1.29, 1.82) is 0 Å². The number of carbonyl (C=O) groups is 1. The van der Waals surface area contributed by atoms with Crippen LogP contribution in [0, 0.1) is 11.8 Å². The molecule has 2 heteroatoms. The molecule has 1 aliphatic carbocycles. The fourth-order valence-corrected chi connectivity index (χ4v) is 1.64. The average Bonchev–Trinajstić information content (AvgIpc) is 2.15. The molecule has 2 atom stereocenters. The topological polar surface area (TPSA) is 37.3 Å². The maximum Gasteiger partial charge on any atom is 0.307 e. The molecule has 2 unspecified atom stereocenters. The van der Waals surface area contributed by atoms with E-state index in [1.807, 2.05) is 18.2 Å². The fourth-order valence-electron chi connectivity index (χ4n) is 1.64. The number of hydrogen-bond acceptors (Lipinski definition) is 1. The Labute approximate surface area is 79.0 Å². The predicted octanol–water partition coefficient (Wildman–Crippen LogP) is 2.62. The van der Waals surface area contributed by atoms with Gasteiger partial charge in [-0.05, 0) is 19.3 Å². The molecule has 0 fully saturated rings. The van der Waals surface area contributed by atoms with Crippen LogP contribution in [0.2, 0.25) is 0 Å². The number of carboxylic acids is 1. The maximum atomic E-state index is 10.9. The molecule has 72 valence electrons. The SMILES string of the molecule is CCC=CC1C=CCCC1C(=O)O. The summed E-state index contributed by atoms with van der Waals surface area (Å²) in [5.41, 5.74) is 0. The van der Waals surface area contributed by atoms with E-state index in [1.54, 1.807) is 0 Å². The number of hydrogen-bond donors (Lipinski definition) is 1. The van der Waals surface area contributed by atoms with Crippen molar-refractivity contribution in [2.75, 3.05) is 0 Å². The summed E-state index contributed by atoms with van der Waals surface area (Å²) >= 11 is 0. The van der Waals surface area contributed by atoms with Crippen LogP contribution in [-0.4, -0.2) is 11.1 Å². The van der Waals surface area contributed by atoms with E-state index in [-0.39, 0.29) is 11.8 Å². The lowest BCUT2D eigenvalue weighted by molar-refractivity contribution is -0.142. The van der Waals surface area contributed by atoms with Crippen LogP contribution in [0.5, 0.6) is 0 Å². The summed E-state index contributed by atoms with van der Waals surface area (Å²) in [6, 6.07) is 0. The van der Waals surface area contributed by atoms with Gasteiger partial charge in [-0.3, -0.25) is 4.79 Å². The second-order valence-electron chi connectivity index (χ2n) is 3.36. The number of allylic oxidation sites excluding steroid dienone is 4. The standard InChI is InChI=1S/C11H16O2/c1-2-3-6-9-7-4-5-8-10(9)11(12)13/h3-4,6-7,9-10H,2,5,8H2,1H3,(H,12,13). The van der Waals surface area contributed by atoms with Gasteiger partial charge in [-0.25, -0.2) is 0 Å². The van der Waals surface area contributed by atoms with E-state index in [9.17, 15) is 4.79 Å². The predicted molar refractivity (Wildman–Crippen MR) is 52.4 cm³/mol. The van der Waals surface area contributed by atoms with Crippen molar-refractivity contribution in [2.24, 2.45) is 11.8 Å². The van der Waals surface area contributed by atoms with Gasteiger partial charge >= 0.3 is 5.97 Å². The molecule has 1 rings (SSSR count). The first-order chi connectivity index (χ1) is 6.25. The molecule has 0 aromatic heterocycles. The zero-order valence-corrected chi connectivity index (χ0v) is 7.94. The van der Waals surface area contributed by atoms with Crippen LogP contribution in [0.1, 0.15) is 26.2 Å². The Hall–Kier alpha value is -1.05. The van der Waals surface area contributed by atoms with Crippen LogP contribution < -0.4 is 0 Å². The number of rotatable bonds is 3. The highest BCUT2D eigenvalue weighted by atomic mass is 16.4. The van der Waals surface area contributed by atoms with Gasteiger partial charge in [0, 0.05) is 5.92 Å². The number of carboxylic acid groups (broad SMARTS) is 1. The minimum Gasteiger partial charge on any atom is -0.481 e. The molecule has 1 aliphatic rings. The highest BCUT2D eigenvalue weighted by Crippen LogP contribution is 2.26. The Morgan fingerprint density at radius 1 is 1.69 bits per heavy atom. The van der Waals surface area contributed by atoms with Crippen molar-refractivity contribution in [3.05, 3.63) is 24.3 Å². The lowest BCUT2D eigenvalue weighted by atomic mass is 9.84. The van der Waals surface area contributed by atoms with Gasteiger partial charge < -0.3 is 5.11 Å². The molecule has 0 aromatic carbocycles. The summed E-state index contributed by atoms with van der Waals surface area (Å²) in [6.45, 7) is 2.05. The second kappa shape index (κ2) is 4.85. The maximum absolute atomic E-state index is 10.9. The molecule has 0 bridgehead atoms. The van der Waals surface area contributed by atoms with E-state index in [4.69, 9.17) is 5.11 Å². The normalized spacial score (nSPS) is 28.1. The van der Waals surface area contributed by atoms with E-state index < -0.39 is 5.97 Å². The van der Waals surface area contributed by atoms with Gasteiger partial charge in [0.1, 0.15) is 0 Å². The van der Waals surface area contributed by atoms with Crippen LogP contribution >= 0.6 is 0 Å². The smallest absolute Gasteiger partial charge is 0.307 e. The van der Waals surface area contributed by atoms with Crippen molar-refractivity contribution >= 4 is 5.97 Å².